The van der Waals surface area contributed by atoms with Crippen LogP contribution in [0.4, 0.5) is 0 Å². The minimum absolute atomic E-state index is 0.851. The topological polar surface area (TPSA) is 18.1 Å². The quantitative estimate of drug-likeness (QED) is 0.690. The summed E-state index contributed by atoms with van der Waals surface area (Å²) in [7, 11) is 0. The van der Waals surface area contributed by atoms with Crippen molar-refractivity contribution in [2.45, 2.75) is 33.6 Å². The molecule has 1 aliphatic rings. The standard InChI is InChI=1S/C18H30N2O/c1-4-19-10-12-20(13-11-19)9-5-6-14-21-18-8-7-16(2)15-17(18)3/h7-8,15H,4-6,9-14H2,1-3H3/p+2. The van der Waals surface area contributed by atoms with Crippen molar-refractivity contribution in [1.29, 1.82) is 0 Å². The Bertz CT molecular complexity index is 425. The number of quaternary nitrogens is 2. The first-order chi connectivity index (χ1) is 10.2. The van der Waals surface area contributed by atoms with Crippen LogP contribution < -0.4 is 14.5 Å². The fraction of sp³-hybridized carbons (Fsp3) is 0.667. The molecule has 0 amide bonds. The number of ether oxygens (including phenoxy) is 1. The van der Waals surface area contributed by atoms with Gasteiger partial charge in [-0.1, -0.05) is 17.7 Å². The van der Waals surface area contributed by atoms with Gasteiger partial charge in [-0.25, -0.2) is 0 Å². The first kappa shape index (κ1) is 16.3. The van der Waals surface area contributed by atoms with E-state index in [2.05, 4.69) is 39.0 Å². The van der Waals surface area contributed by atoms with Crippen LogP contribution in [0.2, 0.25) is 0 Å². The van der Waals surface area contributed by atoms with Gasteiger partial charge in [0.05, 0.1) is 19.7 Å². The molecule has 3 heteroatoms. The maximum absolute atomic E-state index is 5.90. The molecule has 21 heavy (non-hydrogen) atoms. The van der Waals surface area contributed by atoms with E-state index in [0.29, 0.717) is 0 Å². The molecular weight excluding hydrogens is 260 g/mol. The maximum atomic E-state index is 5.90. The summed E-state index contributed by atoms with van der Waals surface area (Å²) in [6.45, 7) is 15.4. The molecule has 2 rings (SSSR count). The Hall–Kier alpha value is -1.06. The molecule has 0 atom stereocenters. The van der Waals surface area contributed by atoms with Gasteiger partial charge in [-0.2, -0.15) is 0 Å². The maximum Gasteiger partial charge on any atom is 0.127 e. The van der Waals surface area contributed by atoms with Crippen molar-refractivity contribution in [1.82, 2.24) is 0 Å². The lowest BCUT2D eigenvalue weighted by atomic mass is 10.1. The summed E-state index contributed by atoms with van der Waals surface area (Å²) in [4.78, 5) is 3.57. The lowest BCUT2D eigenvalue weighted by Crippen LogP contribution is -3.28. The van der Waals surface area contributed by atoms with Gasteiger partial charge in [0.2, 0.25) is 0 Å². The lowest BCUT2D eigenvalue weighted by Gasteiger charge is -2.28. The molecule has 1 aromatic rings. The molecule has 1 heterocycles. The fourth-order valence-electron chi connectivity index (χ4n) is 3.18. The highest BCUT2D eigenvalue weighted by molar-refractivity contribution is 5.35. The highest BCUT2D eigenvalue weighted by Gasteiger charge is 2.20. The summed E-state index contributed by atoms with van der Waals surface area (Å²) in [6, 6.07) is 6.42. The first-order valence-electron chi connectivity index (χ1n) is 8.56. The van der Waals surface area contributed by atoms with E-state index in [9.17, 15) is 0 Å². The molecule has 1 fully saturated rings. The van der Waals surface area contributed by atoms with E-state index in [0.717, 1.165) is 12.4 Å². The van der Waals surface area contributed by atoms with Crippen molar-refractivity contribution in [3.8, 4) is 5.75 Å². The third-order valence-corrected chi connectivity index (χ3v) is 4.68. The zero-order valence-corrected chi connectivity index (χ0v) is 14.0. The molecule has 1 saturated heterocycles. The zero-order valence-electron chi connectivity index (χ0n) is 14.0. The third kappa shape index (κ3) is 5.33. The summed E-state index contributed by atoms with van der Waals surface area (Å²) < 4.78 is 5.90. The van der Waals surface area contributed by atoms with Crippen molar-refractivity contribution >= 4 is 0 Å². The molecular formula is C18H32N2O+2. The molecule has 0 bridgehead atoms. The number of benzene rings is 1. The molecule has 0 saturated carbocycles. The monoisotopic (exact) mass is 292 g/mol. The van der Waals surface area contributed by atoms with Crippen LogP contribution in [0.1, 0.15) is 30.9 Å². The predicted molar refractivity (Wildman–Crippen MR) is 87.4 cm³/mol. The summed E-state index contributed by atoms with van der Waals surface area (Å²) in [5, 5.41) is 0. The van der Waals surface area contributed by atoms with Crippen molar-refractivity contribution in [3.05, 3.63) is 29.3 Å². The Morgan fingerprint density at radius 2 is 1.71 bits per heavy atom. The van der Waals surface area contributed by atoms with E-state index >= 15 is 0 Å². The second kappa shape index (κ2) is 8.40. The highest BCUT2D eigenvalue weighted by atomic mass is 16.5. The Morgan fingerprint density at radius 3 is 2.38 bits per heavy atom. The smallest absolute Gasteiger partial charge is 0.127 e. The third-order valence-electron chi connectivity index (χ3n) is 4.68. The van der Waals surface area contributed by atoms with E-state index in [4.69, 9.17) is 4.74 Å². The zero-order chi connectivity index (χ0) is 15.1. The van der Waals surface area contributed by atoms with Gasteiger partial charge < -0.3 is 14.5 Å². The molecule has 0 aliphatic carbocycles. The van der Waals surface area contributed by atoms with Crippen molar-refractivity contribution in [2.24, 2.45) is 0 Å². The molecule has 0 aromatic heterocycles. The number of nitrogens with one attached hydrogen (secondary N) is 2. The summed E-state index contributed by atoms with van der Waals surface area (Å²) >= 11 is 0. The van der Waals surface area contributed by atoms with Crippen LogP contribution in [-0.4, -0.2) is 45.9 Å². The number of hydrogen-bond donors (Lipinski definition) is 2. The summed E-state index contributed by atoms with van der Waals surface area (Å²) in [6.07, 6.45) is 2.45. The van der Waals surface area contributed by atoms with Crippen molar-refractivity contribution in [2.75, 3.05) is 45.9 Å². The Morgan fingerprint density at radius 1 is 1.00 bits per heavy atom. The second-order valence-corrected chi connectivity index (χ2v) is 6.43. The first-order valence-corrected chi connectivity index (χ1v) is 8.56. The van der Waals surface area contributed by atoms with Crippen LogP contribution in [0.15, 0.2) is 18.2 Å². The van der Waals surface area contributed by atoms with Crippen LogP contribution >= 0.6 is 0 Å². The lowest BCUT2D eigenvalue weighted by molar-refractivity contribution is -1.01. The van der Waals surface area contributed by atoms with Gasteiger partial charge in [0.25, 0.3) is 0 Å². The van der Waals surface area contributed by atoms with E-state index in [1.165, 1.54) is 63.2 Å². The molecule has 0 spiro atoms. The Labute approximate surface area is 129 Å². The van der Waals surface area contributed by atoms with E-state index < -0.39 is 0 Å². The SMILES string of the molecule is CC[NH+]1CC[NH+](CCCCOc2ccc(C)cc2C)CC1. The molecule has 1 aromatic carbocycles. The van der Waals surface area contributed by atoms with Gasteiger partial charge in [-0.05, 0) is 45.2 Å². The van der Waals surface area contributed by atoms with Crippen LogP contribution in [0.5, 0.6) is 5.75 Å². The van der Waals surface area contributed by atoms with E-state index in [1.54, 1.807) is 9.80 Å². The molecule has 0 radical (unpaired) electrons. The largest absolute Gasteiger partial charge is 0.493 e. The van der Waals surface area contributed by atoms with E-state index in [-0.39, 0.29) is 0 Å². The summed E-state index contributed by atoms with van der Waals surface area (Å²) in [5.41, 5.74) is 2.55. The van der Waals surface area contributed by atoms with Crippen molar-refractivity contribution < 1.29 is 14.5 Å². The van der Waals surface area contributed by atoms with Gasteiger partial charge in [0, 0.05) is 0 Å². The van der Waals surface area contributed by atoms with Crippen LogP contribution in [0, 0.1) is 13.8 Å². The number of rotatable bonds is 7. The van der Waals surface area contributed by atoms with E-state index in [1.807, 2.05) is 0 Å². The molecule has 0 unspecified atom stereocenters. The van der Waals surface area contributed by atoms with Crippen LogP contribution in [0.3, 0.4) is 0 Å². The molecule has 1 aliphatic heterocycles. The highest BCUT2D eigenvalue weighted by Crippen LogP contribution is 2.18. The average Bonchev–Trinajstić information content (AvgIpc) is 2.49. The van der Waals surface area contributed by atoms with Gasteiger partial charge in [0.15, 0.2) is 0 Å². The second-order valence-electron chi connectivity index (χ2n) is 6.43. The fourth-order valence-corrected chi connectivity index (χ4v) is 3.18. The minimum Gasteiger partial charge on any atom is -0.493 e. The number of hydrogen-bond acceptors (Lipinski definition) is 1. The summed E-state index contributed by atoms with van der Waals surface area (Å²) in [5.74, 6) is 1.05. The van der Waals surface area contributed by atoms with Crippen LogP contribution in [0.25, 0.3) is 0 Å². The molecule has 2 N–H and O–H groups in total. The van der Waals surface area contributed by atoms with Gasteiger partial charge in [-0.15, -0.1) is 0 Å². The number of likely N-dealkylation sites (N-methyl/N-ethyl adjacent to an activating group) is 1. The van der Waals surface area contributed by atoms with Gasteiger partial charge in [0.1, 0.15) is 31.9 Å². The minimum atomic E-state index is 0.851. The van der Waals surface area contributed by atoms with Gasteiger partial charge >= 0.3 is 0 Å². The normalized spacial score (nSPS) is 22.2. The average molecular weight is 292 g/mol. The van der Waals surface area contributed by atoms with Crippen LogP contribution in [-0.2, 0) is 0 Å². The number of piperazine rings is 1. The van der Waals surface area contributed by atoms with Gasteiger partial charge in [-0.3, -0.25) is 0 Å². The number of aryl methyl sites for hydroxylation is 2. The van der Waals surface area contributed by atoms with Crippen molar-refractivity contribution in [3.63, 3.8) is 0 Å². The number of unbranched alkanes of at least 4 members (excludes halogenated alkanes) is 1. The Kier molecular flexibility index (Phi) is 6.52. The Balaban J connectivity index is 1.58. The molecule has 3 nitrogen and oxygen atoms in total. The predicted octanol–water partition coefficient (Wildman–Crippen LogP) is 0.266. The molecule has 118 valence electrons.